The van der Waals surface area contributed by atoms with Crippen LogP contribution in [0.1, 0.15) is 504 Å². The number of ether oxygens (including phenoxy) is 3. The first-order valence-corrected chi connectivity index (χ1v) is 47.7. The normalized spacial score (nSPS) is 13.7. The van der Waals surface area contributed by atoms with Gasteiger partial charge in [-0.2, -0.15) is 25.3 Å². The zero-order valence-corrected chi connectivity index (χ0v) is 70.3. The predicted molar refractivity (Wildman–Crippen MR) is 441 cm³/mol. The lowest BCUT2D eigenvalue weighted by atomic mass is 10.0. The minimum absolute atomic E-state index is 0.00263. The van der Waals surface area contributed by atoms with E-state index < -0.39 is 14.2 Å². The second-order valence-corrected chi connectivity index (χ2v) is 35.7. The molecule has 4 atom stereocenters. The van der Waals surface area contributed by atoms with Crippen LogP contribution in [0, 0.1) is 0 Å². The molecule has 584 valence electrons. The Balaban J connectivity index is 6.49. The van der Waals surface area contributed by atoms with Gasteiger partial charge in [0.2, 0.25) is 5.41 Å². The minimum atomic E-state index is -3.77. The smallest absolute Gasteiger partial charge is 0.381 e. The van der Waals surface area contributed by atoms with E-state index in [9.17, 15) is 0 Å². The predicted octanol–water partition coefficient (Wildman–Crippen LogP) is 31.1. The summed E-state index contributed by atoms with van der Waals surface area (Å²) in [7, 11) is -3.77. The molecule has 0 saturated heterocycles. The summed E-state index contributed by atoms with van der Waals surface area (Å²) < 4.78 is 44.5. The highest BCUT2D eigenvalue weighted by molar-refractivity contribution is 7.81. The molecule has 0 aromatic carbocycles. The zero-order valence-electron chi connectivity index (χ0n) is 67.5. The maximum atomic E-state index is 7.97. The third-order valence-electron chi connectivity index (χ3n) is 21.0. The molecule has 0 amide bonds. The van der Waals surface area contributed by atoms with E-state index in [1.54, 1.807) is 0 Å². The van der Waals surface area contributed by atoms with Crippen LogP contribution in [-0.4, -0.2) is 70.5 Å². The minimum Gasteiger partial charge on any atom is -0.381 e. The Morgan fingerprint density at radius 3 is 0.691 bits per heavy atom. The van der Waals surface area contributed by atoms with Crippen LogP contribution >= 0.6 is 25.3 Å². The molecule has 0 fully saturated rings. The number of hydrogen-bond donors (Lipinski definition) is 2. The zero-order chi connectivity index (χ0) is 70.4. The molecule has 0 radical (unpaired) electrons. The van der Waals surface area contributed by atoms with Crippen molar-refractivity contribution in [3.05, 3.63) is 0 Å². The van der Waals surface area contributed by atoms with Crippen molar-refractivity contribution in [3.63, 3.8) is 0 Å². The van der Waals surface area contributed by atoms with Crippen LogP contribution < -0.4 is 0 Å². The topological polar surface area (TPSA) is 55.4 Å². The Kier molecular flexibility index (Phi) is 81.3. The largest absolute Gasteiger partial charge is 0.563 e. The van der Waals surface area contributed by atoms with E-state index in [0.717, 1.165) is 64.6 Å². The molecule has 0 saturated carbocycles. The Bertz CT molecular complexity index is 1420. The average molecular weight is 1430 g/mol. The molecule has 0 heterocycles. The Hall–Kier alpha value is 0.677. The quantitative estimate of drug-likeness (QED) is 0.0274. The number of unbranched alkanes of at least 4 members (excludes halogenated alkanes) is 61. The summed E-state index contributed by atoms with van der Waals surface area (Å²) in [6, 6.07) is 0. The summed E-state index contributed by atoms with van der Waals surface area (Å²) in [5.41, 5.74) is -1.15. The van der Waals surface area contributed by atoms with Crippen molar-refractivity contribution in [3.8, 4) is 0 Å². The van der Waals surface area contributed by atoms with E-state index in [1.165, 1.54) is 398 Å². The summed E-state index contributed by atoms with van der Waals surface area (Å²) in [4.78, 5) is 0. The van der Waals surface area contributed by atoms with Crippen LogP contribution in [0.5, 0.6) is 0 Å². The Morgan fingerprint density at radius 2 is 0.454 bits per heavy atom. The number of thiol groups is 2. The number of rotatable bonds is 87. The third-order valence-corrected chi connectivity index (χ3v) is 24.5. The molecule has 9 heteroatoms. The van der Waals surface area contributed by atoms with Crippen molar-refractivity contribution in [2.24, 2.45) is 0 Å². The highest BCUT2D eigenvalue weighted by atomic mass is 32.1. The van der Waals surface area contributed by atoms with Crippen molar-refractivity contribution in [1.82, 2.24) is 0 Å². The van der Waals surface area contributed by atoms with Gasteiger partial charge in [-0.25, -0.2) is 0 Å². The van der Waals surface area contributed by atoms with E-state index >= 15 is 0 Å². The van der Waals surface area contributed by atoms with E-state index in [-0.39, 0.29) is 16.6 Å². The summed E-state index contributed by atoms with van der Waals surface area (Å²) in [5, 5.41) is 0.292. The van der Waals surface area contributed by atoms with E-state index in [0.29, 0.717) is 32.8 Å². The molecule has 0 bridgehead atoms. The molecule has 4 unspecified atom stereocenters. The van der Waals surface area contributed by atoms with Crippen LogP contribution in [0.4, 0.5) is 0 Å². The number of hydrogen-bond acceptors (Lipinski definition) is 8. The first-order valence-electron chi connectivity index (χ1n) is 44.9. The lowest BCUT2D eigenvalue weighted by molar-refractivity contribution is -0.251. The molecule has 0 aromatic rings. The van der Waals surface area contributed by atoms with Gasteiger partial charge < -0.3 is 27.5 Å². The molecule has 6 nitrogen and oxygen atoms in total. The highest BCUT2D eigenvalue weighted by Gasteiger charge is 2.65. The highest BCUT2D eigenvalue weighted by Crippen LogP contribution is 2.40. The van der Waals surface area contributed by atoms with Gasteiger partial charge in [0, 0.05) is 44.7 Å². The molecule has 0 aromatic heterocycles. The monoisotopic (exact) mass is 1430 g/mol. The van der Waals surface area contributed by atoms with Gasteiger partial charge in [0.25, 0.3) is 0 Å². The first-order chi connectivity index (χ1) is 47.8. The van der Waals surface area contributed by atoms with Gasteiger partial charge in [-0.1, -0.05) is 440 Å². The van der Waals surface area contributed by atoms with Crippen LogP contribution in [0.2, 0.25) is 0 Å². The van der Waals surface area contributed by atoms with Gasteiger partial charge in [0.1, 0.15) is 0 Å². The summed E-state index contributed by atoms with van der Waals surface area (Å²) in [6.45, 7) is 20.5. The maximum absolute atomic E-state index is 7.97. The Morgan fingerprint density at radius 1 is 0.237 bits per heavy atom. The molecule has 0 aliphatic heterocycles. The van der Waals surface area contributed by atoms with Crippen LogP contribution in [0.25, 0.3) is 0 Å². The van der Waals surface area contributed by atoms with E-state index in [4.69, 9.17) is 52.7 Å². The molecule has 0 rings (SSSR count). The molecular formula is C88H180O6S2Si. The Labute approximate surface area is 623 Å². The average Bonchev–Trinajstić information content (AvgIpc) is 0.763. The van der Waals surface area contributed by atoms with Gasteiger partial charge in [-0.3, -0.25) is 0 Å². The van der Waals surface area contributed by atoms with Crippen LogP contribution in [0.3, 0.4) is 0 Å². The van der Waals surface area contributed by atoms with Crippen LogP contribution in [0.15, 0.2) is 0 Å². The van der Waals surface area contributed by atoms with Crippen molar-refractivity contribution in [2.75, 3.05) is 39.6 Å². The molecule has 0 N–H and O–H groups in total. The summed E-state index contributed by atoms with van der Waals surface area (Å²) >= 11 is 10.3. The standard InChI is InChI=1S/C88H180O6S2Si/c1-8-13-18-23-28-33-38-40-41-45-50-57-64-71-80-90-88(84-86(7)96,94-87(77-76-85(6)95)75-68-61-54-47-43-42-44-49-56-63-70-79-89-78-69-62-55-48-35-30-25-20-15-10-3)97(91-81-72-65-58-51-36-31-26-21-16-11-4,92-82-73-66-59-52-37-32-27-22-17-12-5)93-83-74-67-60-53-46-39-34-29-24-19-14-9-2/h85-87,95-96H,8-84H2,1-7H3. The molecule has 0 aliphatic carbocycles. The van der Waals surface area contributed by atoms with Gasteiger partial charge in [0.15, 0.2) is 0 Å². The lowest BCUT2D eigenvalue weighted by Crippen LogP contribution is -2.69. The van der Waals surface area contributed by atoms with Gasteiger partial charge in [0.05, 0.1) is 12.7 Å². The van der Waals surface area contributed by atoms with Gasteiger partial charge in [-0.05, 0) is 63.0 Å². The third kappa shape index (κ3) is 68.3. The lowest BCUT2D eigenvalue weighted by Gasteiger charge is -2.47. The van der Waals surface area contributed by atoms with Gasteiger partial charge >= 0.3 is 8.80 Å². The summed E-state index contributed by atoms with van der Waals surface area (Å²) in [5.74, 6) is 0. The molecule has 0 spiro atoms. The summed E-state index contributed by atoms with van der Waals surface area (Å²) in [6.07, 6.45) is 92.2. The van der Waals surface area contributed by atoms with Crippen molar-refractivity contribution < 1.29 is 27.5 Å². The van der Waals surface area contributed by atoms with Gasteiger partial charge in [-0.15, -0.1) is 0 Å². The van der Waals surface area contributed by atoms with E-state index in [2.05, 4.69) is 48.5 Å². The maximum Gasteiger partial charge on any atom is 0.563 e. The first kappa shape index (κ1) is 97.7. The molecular weight excluding hydrogens is 1250 g/mol. The second-order valence-electron chi connectivity index (χ2n) is 31.2. The van der Waals surface area contributed by atoms with E-state index in [1.807, 2.05) is 0 Å². The molecule has 0 aliphatic rings. The van der Waals surface area contributed by atoms with Crippen LogP contribution in [-0.2, 0) is 27.5 Å². The van der Waals surface area contributed by atoms with Crippen molar-refractivity contribution in [2.45, 2.75) is 526 Å². The SMILES string of the molecule is CCCCCCCCCCCCCCCCOC(CC(C)S)(OC(CCCCCCCCCCCCCOCCCCCCCCCCCC)CCC(C)S)[Si](OCCCCCCCCCCCC)(OCCCCCCCCCCCC)OCCCCCCCCCCCCCC. The fourth-order valence-electron chi connectivity index (χ4n) is 14.5. The fraction of sp³-hybridized carbons (Fsp3) is 1.00. The van der Waals surface area contributed by atoms with Crippen molar-refractivity contribution in [1.29, 1.82) is 0 Å². The fourth-order valence-corrected chi connectivity index (χ4v) is 18.3. The van der Waals surface area contributed by atoms with Crippen molar-refractivity contribution >= 4 is 34.1 Å². The second kappa shape index (κ2) is 80.8. The molecule has 97 heavy (non-hydrogen) atoms.